The van der Waals surface area contributed by atoms with Crippen molar-refractivity contribution in [3.8, 4) is 0 Å². The highest BCUT2D eigenvalue weighted by Crippen LogP contribution is 2.28. The maximum Gasteiger partial charge on any atom is 0.135 e. The van der Waals surface area contributed by atoms with E-state index in [2.05, 4.69) is 52.5 Å². The summed E-state index contributed by atoms with van der Waals surface area (Å²) in [4.78, 5) is 8.21. The summed E-state index contributed by atoms with van der Waals surface area (Å²) in [5.41, 5.74) is 0.953. The standard InChI is InChI=1S/C11H10Br2N4/c1-14-10-5-11(16-6-15-10)17-9-3-2-7(12)4-8(9)13/h2-6H,1H3,(H2,14,15,16,17). The van der Waals surface area contributed by atoms with Crippen LogP contribution in [0.1, 0.15) is 0 Å². The number of hydrogen-bond donors (Lipinski definition) is 2. The van der Waals surface area contributed by atoms with Gasteiger partial charge in [-0.1, -0.05) is 15.9 Å². The summed E-state index contributed by atoms with van der Waals surface area (Å²) >= 11 is 6.90. The Morgan fingerprint density at radius 1 is 1.06 bits per heavy atom. The van der Waals surface area contributed by atoms with Crippen LogP contribution in [0.2, 0.25) is 0 Å². The van der Waals surface area contributed by atoms with E-state index in [1.165, 1.54) is 6.33 Å². The molecule has 0 amide bonds. The van der Waals surface area contributed by atoms with E-state index in [1.807, 2.05) is 31.3 Å². The molecule has 0 fully saturated rings. The molecule has 0 atom stereocenters. The predicted molar refractivity (Wildman–Crippen MR) is 76.7 cm³/mol. The van der Waals surface area contributed by atoms with Gasteiger partial charge >= 0.3 is 0 Å². The van der Waals surface area contributed by atoms with Crippen LogP contribution in [0.3, 0.4) is 0 Å². The first-order valence-corrected chi connectivity index (χ1v) is 6.49. The minimum atomic E-state index is 0.743. The molecule has 0 unspecified atom stereocenters. The highest BCUT2D eigenvalue weighted by molar-refractivity contribution is 9.11. The zero-order valence-corrected chi connectivity index (χ0v) is 12.2. The fraction of sp³-hybridized carbons (Fsp3) is 0.0909. The first kappa shape index (κ1) is 12.3. The van der Waals surface area contributed by atoms with Crippen molar-refractivity contribution < 1.29 is 0 Å². The molecule has 0 aliphatic heterocycles. The first-order valence-electron chi connectivity index (χ1n) is 4.91. The summed E-state index contributed by atoms with van der Waals surface area (Å²) in [6, 6.07) is 7.75. The van der Waals surface area contributed by atoms with Crippen molar-refractivity contribution in [1.82, 2.24) is 9.97 Å². The van der Waals surface area contributed by atoms with Gasteiger partial charge in [0.2, 0.25) is 0 Å². The lowest BCUT2D eigenvalue weighted by Crippen LogP contribution is -1.98. The minimum absolute atomic E-state index is 0.743. The molecule has 2 aromatic rings. The summed E-state index contributed by atoms with van der Waals surface area (Å²) in [6.07, 6.45) is 1.51. The third-order valence-corrected chi connectivity index (χ3v) is 3.27. The van der Waals surface area contributed by atoms with Crippen LogP contribution >= 0.6 is 31.9 Å². The molecule has 0 saturated carbocycles. The lowest BCUT2D eigenvalue weighted by Gasteiger charge is -2.08. The van der Waals surface area contributed by atoms with Crippen LogP contribution in [0.5, 0.6) is 0 Å². The largest absolute Gasteiger partial charge is 0.373 e. The second-order valence-electron chi connectivity index (χ2n) is 3.29. The van der Waals surface area contributed by atoms with Crippen LogP contribution in [0.4, 0.5) is 17.3 Å². The van der Waals surface area contributed by atoms with Crippen LogP contribution in [0, 0.1) is 0 Å². The molecule has 88 valence electrons. The van der Waals surface area contributed by atoms with E-state index >= 15 is 0 Å². The molecule has 6 heteroatoms. The fourth-order valence-corrected chi connectivity index (χ4v) is 2.44. The molecule has 1 aromatic heterocycles. The molecule has 0 saturated heterocycles. The summed E-state index contributed by atoms with van der Waals surface area (Å²) in [6.45, 7) is 0. The predicted octanol–water partition coefficient (Wildman–Crippen LogP) is 3.79. The van der Waals surface area contributed by atoms with Crippen molar-refractivity contribution in [2.45, 2.75) is 0 Å². The van der Waals surface area contributed by atoms with Crippen LogP contribution in [-0.2, 0) is 0 Å². The van der Waals surface area contributed by atoms with Gasteiger partial charge in [-0.3, -0.25) is 0 Å². The molecule has 0 bridgehead atoms. The summed E-state index contributed by atoms with van der Waals surface area (Å²) in [7, 11) is 1.82. The average molecular weight is 358 g/mol. The number of anilines is 3. The van der Waals surface area contributed by atoms with Crippen LogP contribution < -0.4 is 10.6 Å². The second kappa shape index (κ2) is 5.46. The van der Waals surface area contributed by atoms with Crippen LogP contribution in [0.25, 0.3) is 0 Å². The van der Waals surface area contributed by atoms with Crippen molar-refractivity contribution in [2.75, 3.05) is 17.7 Å². The molecule has 1 heterocycles. The Labute approximate surface area is 116 Å². The zero-order chi connectivity index (χ0) is 12.3. The van der Waals surface area contributed by atoms with E-state index in [9.17, 15) is 0 Å². The smallest absolute Gasteiger partial charge is 0.135 e. The van der Waals surface area contributed by atoms with E-state index in [1.54, 1.807) is 0 Å². The summed E-state index contributed by atoms with van der Waals surface area (Å²) in [5.74, 6) is 1.52. The van der Waals surface area contributed by atoms with Crippen molar-refractivity contribution in [2.24, 2.45) is 0 Å². The summed E-state index contributed by atoms with van der Waals surface area (Å²) < 4.78 is 1.99. The molecule has 17 heavy (non-hydrogen) atoms. The highest BCUT2D eigenvalue weighted by atomic mass is 79.9. The molecular formula is C11H10Br2N4. The molecule has 0 aliphatic carbocycles. The Bertz CT molecular complexity index is 531. The van der Waals surface area contributed by atoms with Gasteiger partial charge in [0.15, 0.2) is 0 Å². The lowest BCUT2D eigenvalue weighted by atomic mass is 10.3. The summed E-state index contributed by atoms with van der Waals surface area (Å²) in [5, 5.41) is 6.18. The molecule has 2 rings (SSSR count). The minimum Gasteiger partial charge on any atom is -0.373 e. The van der Waals surface area contributed by atoms with Gasteiger partial charge in [-0.05, 0) is 34.1 Å². The maximum absolute atomic E-state index is 4.15. The fourth-order valence-electron chi connectivity index (χ4n) is 1.29. The van der Waals surface area contributed by atoms with Gasteiger partial charge in [0.05, 0.1) is 5.69 Å². The van der Waals surface area contributed by atoms with Gasteiger partial charge in [-0.2, -0.15) is 0 Å². The molecule has 0 spiro atoms. The average Bonchev–Trinajstić information content (AvgIpc) is 2.33. The first-order chi connectivity index (χ1) is 8.19. The van der Waals surface area contributed by atoms with Crippen molar-refractivity contribution >= 4 is 49.2 Å². The number of benzene rings is 1. The third kappa shape index (κ3) is 3.17. The number of aromatic nitrogens is 2. The Kier molecular flexibility index (Phi) is 3.96. The van der Waals surface area contributed by atoms with Crippen molar-refractivity contribution in [1.29, 1.82) is 0 Å². The number of hydrogen-bond acceptors (Lipinski definition) is 4. The Balaban J connectivity index is 2.25. The molecule has 0 aliphatic rings. The number of nitrogens with one attached hydrogen (secondary N) is 2. The number of nitrogens with zero attached hydrogens (tertiary/aromatic N) is 2. The SMILES string of the molecule is CNc1cc(Nc2ccc(Br)cc2Br)ncn1. The van der Waals surface area contributed by atoms with Crippen molar-refractivity contribution in [3.05, 3.63) is 39.5 Å². The lowest BCUT2D eigenvalue weighted by molar-refractivity contribution is 1.16. The Morgan fingerprint density at radius 2 is 1.82 bits per heavy atom. The monoisotopic (exact) mass is 356 g/mol. The van der Waals surface area contributed by atoms with Crippen LogP contribution in [0.15, 0.2) is 39.5 Å². The molecule has 4 nitrogen and oxygen atoms in total. The quantitative estimate of drug-likeness (QED) is 0.877. The van der Waals surface area contributed by atoms with Crippen molar-refractivity contribution in [3.63, 3.8) is 0 Å². The highest BCUT2D eigenvalue weighted by Gasteiger charge is 2.02. The number of rotatable bonds is 3. The molecule has 0 radical (unpaired) electrons. The molecule has 2 N–H and O–H groups in total. The Morgan fingerprint density at radius 3 is 2.53 bits per heavy atom. The van der Waals surface area contributed by atoms with Gasteiger partial charge in [-0.25, -0.2) is 9.97 Å². The van der Waals surface area contributed by atoms with E-state index in [0.717, 1.165) is 26.3 Å². The number of halogens is 2. The third-order valence-electron chi connectivity index (χ3n) is 2.12. The van der Waals surface area contributed by atoms with E-state index in [-0.39, 0.29) is 0 Å². The van der Waals surface area contributed by atoms with E-state index in [4.69, 9.17) is 0 Å². The van der Waals surface area contributed by atoms with E-state index in [0.29, 0.717) is 0 Å². The molecular weight excluding hydrogens is 348 g/mol. The van der Waals surface area contributed by atoms with Gasteiger partial charge < -0.3 is 10.6 Å². The normalized spacial score (nSPS) is 10.1. The topological polar surface area (TPSA) is 49.8 Å². The maximum atomic E-state index is 4.15. The zero-order valence-electron chi connectivity index (χ0n) is 9.04. The van der Waals surface area contributed by atoms with Gasteiger partial charge in [0, 0.05) is 22.1 Å². The van der Waals surface area contributed by atoms with Gasteiger partial charge in [0.1, 0.15) is 18.0 Å². The van der Waals surface area contributed by atoms with Gasteiger partial charge in [0.25, 0.3) is 0 Å². The molecule has 1 aromatic carbocycles. The second-order valence-corrected chi connectivity index (χ2v) is 5.06. The Hall–Kier alpha value is -1.14. The van der Waals surface area contributed by atoms with E-state index < -0.39 is 0 Å². The van der Waals surface area contributed by atoms with Gasteiger partial charge in [-0.15, -0.1) is 0 Å². The van der Waals surface area contributed by atoms with Crippen LogP contribution in [-0.4, -0.2) is 17.0 Å².